The highest BCUT2D eigenvalue weighted by Gasteiger charge is 2.29. The maximum absolute atomic E-state index is 5.60. The summed E-state index contributed by atoms with van der Waals surface area (Å²) >= 11 is 1.82. The van der Waals surface area contributed by atoms with Crippen LogP contribution in [0.5, 0.6) is 5.75 Å². The minimum atomic E-state index is 0.260. The van der Waals surface area contributed by atoms with Crippen LogP contribution >= 0.6 is 11.3 Å². The van der Waals surface area contributed by atoms with Gasteiger partial charge < -0.3 is 14.8 Å². The molecule has 0 radical (unpaired) electrons. The van der Waals surface area contributed by atoms with Crippen LogP contribution in [-0.2, 0) is 4.74 Å². The van der Waals surface area contributed by atoms with E-state index in [1.165, 1.54) is 36.9 Å². The number of nitrogens with zero attached hydrogens (tertiary/aromatic N) is 5. The molecule has 0 amide bonds. The number of fused-ring (bicyclic) bond motifs is 1. The maximum Gasteiger partial charge on any atom is 0.197 e. The molecule has 1 aliphatic carbocycles. The number of hydrogen-bond donors (Lipinski definition) is 2. The first-order chi connectivity index (χ1) is 18.5. The Morgan fingerprint density at radius 2 is 1.89 bits per heavy atom. The molecule has 2 fully saturated rings. The molecule has 5 heterocycles. The fraction of sp³-hybridized carbons (Fsp3) is 0.571. The summed E-state index contributed by atoms with van der Waals surface area (Å²) in [5.74, 6) is 1.52. The molecule has 0 unspecified atom stereocenters. The molecule has 2 N–H and O–H groups in total. The molecule has 10 heteroatoms. The van der Waals surface area contributed by atoms with Gasteiger partial charge in [0.25, 0.3) is 0 Å². The molecular formula is C28H37N7O2S. The molecule has 2 aliphatic rings. The van der Waals surface area contributed by atoms with Crippen molar-refractivity contribution in [3.8, 4) is 27.7 Å². The van der Waals surface area contributed by atoms with Crippen LogP contribution in [0.2, 0.25) is 0 Å². The Bertz CT molecular complexity index is 1390. The van der Waals surface area contributed by atoms with E-state index in [0.29, 0.717) is 29.4 Å². The summed E-state index contributed by atoms with van der Waals surface area (Å²) in [7, 11) is 1.66. The molecule has 0 spiro atoms. The van der Waals surface area contributed by atoms with Gasteiger partial charge in [-0.2, -0.15) is 10.2 Å². The highest BCUT2D eigenvalue weighted by atomic mass is 32.1. The summed E-state index contributed by atoms with van der Waals surface area (Å²) in [5.41, 5.74) is 5.89. The lowest BCUT2D eigenvalue weighted by atomic mass is 9.84. The van der Waals surface area contributed by atoms with Crippen molar-refractivity contribution < 1.29 is 9.47 Å². The predicted octanol–water partition coefficient (Wildman–Crippen LogP) is 5.48. The molecule has 4 aromatic rings. The maximum atomic E-state index is 5.60. The summed E-state index contributed by atoms with van der Waals surface area (Å²) in [6.07, 6.45) is 10.7. The highest BCUT2D eigenvalue weighted by molar-refractivity contribution is 7.15. The van der Waals surface area contributed by atoms with E-state index >= 15 is 0 Å². The average molecular weight is 536 g/mol. The van der Waals surface area contributed by atoms with E-state index in [0.717, 1.165) is 59.3 Å². The number of hydrogen-bond acceptors (Lipinski definition) is 8. The number of aromatic amines is 1. The van der Waals surface area contributed by atoms with E-state index in [9.17, 15) is 0 Å². The molecular weight excluding hydrogens is 498 g/mol. The van der Waals surface area contributed by atoms with E-state index in [1.807, 2.05) is 23.6 Å². The lowest BCUT2D eigenvalue weighted by Gasteiger charge is -2.33. The number of ether oxygens (including phenoxy) is 2. The zero-order valence-corrected chi connectivity index (χ0v) is 23.5. The zero-order chi connectivity index (χ0) is 26.2. The molecule has 0 bridgehead atoms. The first-order valence-corrected chi connectivity index (χ1v) is 14.6. The molecule has 202 valence electrons. The van der Waals surface area contributed by atoms with Crippen LogP contribution < -0.4 is 10.1 Å². The van der Waals surface area contributed by atoms with Crippen molar-refractivity contribution in [1.82, 2.24) is 35.1 Å². The van der Waals surface area contributed by atoms with Crippen molar-refractivity contribution in [2.45, 2.75) is 83.2 Å². The van der Waals surface area contributed by atoms with E-state index in [1.54, 1.807) is 11.6 Å². The first kappa shape index (κ1) is 25.5. The van der Waals surface area contributed by atoms with Gasteiger partial charge >= 0.3 is 0 Å². The second-order valence-electron chi connectivity index (χ2n) is 10.9. The normalized spacial score (nSPS) is 21.0. The number of H-pyrrole nitrogens is 1. The van der Waals surface area contributed by atoms with Gasteiger partial charge in [-0.3, -0.25) is 5.10 Å². The van der Waals surface area contributed by atoms with Crippen molar-refractivity contribution >= 4 is 17.0 Å². The smallest absolute Gasteiger partial charge is 0.197 e. The van der Waals surface area contributed by atoms with Crippen LogP contribution in [0.25, 0.3) is 27.6 Å². The number of methoxy groups -OCH3 is 1. The van der Waals surface area contributed by atoms with Crippen LogP contribution in [-0.4, -0.2) is 62.2 Å². The number of aromatic nitrogens is 6. The molecule has 0 atom stereocenters. The fourth-order valence-electron chi connectivity index (χ4n) is 6.09. The third kappa shape index (κ3) is 4.85. The van der Waals surface area contributed by atoms with Crippen LogP contribution in [0.15, 0.2) is 18.6 Å². The summed E-state index contributed by atoms with van der Waals surface area (Å²) in [6, 6.07) is 3.25. The summed E-state index contributed by atoms with van der Waals surface area (Å²) in [4.78, 5) is 10.8. The first-order valence-electron chi connectivity index (χ1n) is 13.8. The van der Waals surface area contributed by atoms with Gasteiger partial charge in [0.15, 0.2) is 11.4 Å². The Balaban J connectivity index is 1.24. The Labute approximate surface area is 227 Å². The van der Waals surface area contributed by atoms with Gasteiger partial charge in [-0.25, -0.2) is 14.5 Å². The Morgan fingerprint density at radius 1 is 1.13 bits per heavy atom. The van der Waals surface area contributed by atoms with E-state index in [2.05, 4.69) is 41.3 Å². The van der Waals surface area contributed by atoms with Gasteiger partial charge in [-0.1, -0.05) is 13.8 Å². The number of aryl methyl sites for hydroxylation is 1. The number of thiazole rings is 1. The van der Waals surface area contributed by atoms with Crippen LogP contribution in [0, 0.1) is 6.92 Å². The summed E-state index contributed by atoms with van der Waals surface area (Å²) in [5, 5.41) is 17.3. The Morgan fingerprint density at radius 3 is 2.63 bits per heavy atom. The molecule has 4 aromatic heterocycles. The van der Waals surface area contributed by atoms with Crippen LogP contribution in [0.1, 0.15) is 80.3 Å². The van der Waals surface area contributed by atoms with Crippen molar-refractivity contribution in [2.24, 2.45) is 0 Å². The Kier molecular flexibility index (Phi) is 7.20. The van der Waals surface area contributed by atoms with Crippen molar-refractivity contribution in [3.63, 3.8) is 0 Å². The average Bonchev–Trinajstić information content (AvgIpc) is 3.67. The van der Waals surface area contributed by atoms with E-state index in [-0.39, 0.29) is 5.92 Å². The second kappa shape index (κ2) is 10.7. The number of nitrogens with one attached hydrogen (secondary N) is 2. The topological polar surface area (TPSA) is 102 Å². The summed E-state index contributed by atoms with van der Waals surface area (Å²) in [6.45, 7) is 8.36. The second-order valence-corrected chi connectivity index (χ2v) is 11.9. The van der Waals surface area contributed by atoms with Gasteiger partial charge in [-0.05, 0) is 63.4 Å². The molecule has 38 heavy (non-hydrogen) atoms. The SMILES string of the molecule is COc1cc(-c2[nH]nc(-c3nc(C)c(C4CCC(NC5CCOCC5)CC4)s3)c2C(C)C)cn2ncnc12. The molecule has 1 saturated carbocycles. The van der Waals surface area contributed by atoms with Gasteiger partial charge in [0, 0.05) is 47.5 Å². The lowest BCUT2D eigenvalue weighted by Crippen LogP contribution is -2.43. The van der Waals surface area contributed by atoms with Gasteiger partial charge in [-0.15, -0.1) is 11.3 Å². The van der Waals surface area contributed by atoms with E-state index in [4.69, 9.17) is 19.6 Å². The third-order valence-corrected chi connectivity index (χ3v) is 9.38. The highest BCUT2D eigenvalue weighted by Crippen LogP contribution is 2.43. The number of pyridine rings is 1. The minimum Gasteiger partial charge on any atom is -0.493 e. The largest absolute Gasteiger partial charge is 0.493 e. The number of rotatable bonds is 7. The predicted molar refractivity (Wildman–Crippen MR) is 149 cm³/mol. The van der Waals surface area contributed by atoms with Gasteiger partial charge in [0.1, 0.15) is 17.0 Å². The van der Waals surface area contributed by atoms with Gasteiger partial charge in [0.2, 0.25) is 0 Å². The van der Waals surface area contributed by atoms with Crippen LogP contribution in [0.3, 0.4) is 0 Å². The minimum absolute atomic E-state index is 0.260. The lowest BCUT2D eigenvalue weighted by molar-refractivity contribution is 0.0729. The Hall–Kier alpha value is -2.82. The molecule has 1 aliphatic heterocycles. The van der Waals surface area contributed by atoms with Gasteiger partial charge in [0.05, 0.1) is 18.5 Å². The van der Waals surface area contributed by atoms with Crippen molar-refractivity contribution in [3.05, 3.63) is 34.7 Å². The summed E-state index contributed by atoms with van der Waals surface area (Å²) < 4.78 is 12.9. The molecule has 1 saturated heterocycles. The molecule has 6 rings (SSSR count). The monoisotopic (exact) mass is 535 g/mol. The quantitative estimate of drug-likeness (QED) is 0.323. The van der Waals surface area contributed by atoms with Crippen LogP contribution in [0.4, 0.5) is 0 Å². The fourth-order valence-corrected chi connectivity index (χ4v) is 7.33. The molecule has 0 aromatic carbocycles. The third-order valence-electron chi connectivity index (χ3n) is 8.06. The van der Waals surface area contributed by atoms with E-state index < -0.39 is 0 Å². The standard InChI is InChI=1S/C28H37N7O2S/c1-16(2)23-24(19-13-22(36-4)27-29-15-30-35(27)14-19)33-34-25(23)28-31-17(3)26(38-28)18-5-7-20(8-6-18)32-21-9-11-37-12-10-21/h13-16,18,20-21,32H,5-12H2,1-4H3,(H,33,34). The molecule has 9 nitrogen and oxygen atoms in total. The van der Waals surface area contributed by atoms with Crippen molar-refractivity contribution in [1.29, 1.82) is 0 Å². The zero-order valence-electron chi connectivity index (χ0n) is 22.7. The van der Waals surface area contributed by atoms with Crippen molar-refractivity contribution in [2.75, 3.05) is 20.3 Å².